The lowest BCUT2D eigenvalue weighted by Crippen LogP contribution is -2.36. The smallest absolute Gasteiger partial charge is 0.413 e. The number of rotatable bonds is 5. The number of anilines is 1. The first-order chi connectivity index (χ1) is 15.5. The van der Waals surface area contributed by atoms with E-state index >= 15 is 0 Å². The molecule has 4 rings (SSSR count). The standard InChI is InChI=1S/C25H35N5O3/c1-24(2,3)30-20(18-11-12-19(13-18)29-16-25(4,5)27-22(29)31)14-21(28-30)26-23(32)33-15-17-9-7-6-8-10-17/h6-10,14,18-19H,11-13,15-16H2,1-5H3,(H,27,31)(H,26,28,32)/t18-,19+/m0/s1. The quantitative estimate of drug-likeness (QED) is 0.679. The Labute approximate surface area is 195 Å². The summed E-state index contributed by atoms with van der Waals surface area (Å²) in [6, 6.07) is 11.8. The molecule has 2 heterocycles. The number of nitrogens with one attached hydrogen (secondary N) is 2. The molecular weight excluding hydrogens is 418 g/mol. The van der Waals surface area contributed by atoms with Gasteiger partial charge in [0.15, 0.2) is 5.82 Å². The molecule has 1 aromatic heterocycles. The third-order valence-electron chi connectivity index (χ3n) is 6.35. The van der Waals surface area contributed by atoms with Gasteiger partial charge in [-0.25, -0.2) is 9.59 Å². The monoisotopic (exact) mass is 453 g/mol. The van der Waals surface area contributed by atoms with Gasteiger partial charge < -0.3 is 15.0 Å². The third kappa shape index (κ3) is 5.31. The highest BCUT2D eigenvalue weighted by molar-refractivity contribution is 5.83. The van der Waals surface area contributed by atoms with Gasteiger partial charge in [-0.3, -0.25) is 10.00 Å². The minimum absolute atomic E-state index is 0.0264. The Balaban J connectivity index is 1.45. The Bertz CT molecular complexity index is 1010. The number of carbonyl (C=O) groups is 2. The second-order valence-electron chi connectivity index (χ2n) is 10.8. The molecule has 2 N–H and O–H groups in total. The van der Waals surface area contributed by atoms with Crippen LogP contribution in [0.25, 0.3) is 0 Å². The molecular formula is C25H35N5O3. The summed E-state index contributed by atoms with van der Waals surface area (Å²) in [7, 11) is 0. The number of ether oxygens (including phenoxy) is 1. The molecule has 1 aromatic carbocycles. The van der Waals surface area contributed by atoms with Crippen LogP contribution in [0.1, 0.15) is 71.1 Å². The van der Waals surface area contributed by atoms with Crippen molar-refractivity contribution in [2.45, 2.75) is 83.5 Å². The minimum atomic E-state index is -0.524. The van der Waals surface area contributed by atoms with Crippen LogP contribution in [-0.4, -0.2) is 44.9 Å². The Kier molecular flexibility index (Phi) is 6.12. The predicted octanol–water partition coefficient (Wildman–Crippen LogP) is 4.83. The van der Waals surface area contributed by atoms with Gasteiger partial charge >= 0.3 is 12.1 Å². The molecule has 0 radical (unpaired) electrons. The Morgan fingerprint density at radius 3 is 2.61 bits per heavy atom. The zero-order valence-corrected chi connectivity index (χ0v) is 20.2. The van der Waals surface area contributed by atoms with E-state index in [0.29, 0.717) is 5.82 Å². The van der Waals surface area contributed by atoms with Crippen molar-refractivity contribution in [3.8, 4) is 0 Å². The highest BCUT2D eigenvalue weighted by atomic mass is 16.5. The molecule has 1 aliphatic heterocycles. The van der Waals surface area contributed by atoms with Crippen LogP contribution in [-0.2, 0) is 16.9 Å². The van der Waals surface area contributed by atoms with E-state index in [1.807, 2.05) is 46.0 Å². The van der Waals surface area contributed by atoms with Gasteiger partial charge in [0.1, 0.15) is 6.61 Å². The molecule has 33 heavy (non-hydrogen) atoms. The van der Waals surface area contributed by atoms with Gasteiger partial charge in [-0.2, -0.15) is 5.10 Å². The Hall–Kier alpha value is -3.03. The largest absolute Gasteiger partial charge is 0.444 e. The van der Waals surface area contributed by atoms with Crippen LogP contribution in [0, 0.1) is 0 Å². The topological polar surface area (TPSA) is 88.5 Å². The van der Waals surface area contributed by atoms with Gasteiger partial charge in [0.25, 0.3) is 0 Å². The molecule has 8 heteroatoms. The summed E-state index contributed by atoms with van der Waals surface area (Å²) in [5.74, 6) is 0.760. The average Bonchev–Trinajstić information content (AvgIpc) is 3.43. The number of amides is 3. The van der Waals surface area contributed by atoms with E-state index < -0.39 is 6.09 Å². The Morgan fingerprint density at radius 1 is 1.24 bits per heavy atom. The van der Waals surface area contributed by atoms with Gasteiger partial charge in [0, 0.05) is 30.3 Å². The SMILES string of the molecule is CC1(C)CN([C@@H]2CC[C@H](c3cc(NC(=O)OCc4ccccc4)nn3C(C)(C)C)C2)C(=O)N1. The van der Waals surface area contributed by atoms with Gasteiger partial charge in [0.2, 0.25) is 0 Å². The molecule has 1 saturated carbocycles. The van der Waals surface area contributed by atoms with Crippen molar-refractivity contribution in [1.29, 1.82) is 0 Å². The van der Waals surface area contributed by atoms with E-state index in [-0.39, 0.29) is 35.7 Å². The lowest BCUT2D eigenvalue weighted by Gasteiger charge is -2.26. The summed E-state index contributed by atoms with van der Waals surface area (Å²) in [4.78, 5) is 26.8. The van der Waals surface area contributed by atoms with Gasteiger partial charge in [-0.1, -0.05) is 30.3 Å². The van der Waals surface area contributed by atoms with Crippen LogP contribution in [0.2, 0.25) is 0 Å². The fourth-order valence-electron chi connectivity index (χ4n) is 4.85. The molecule has 2 atom stereocenters. The van der Waals surface area contributed by atoms with E-state index in [0.717, 1.165) is 37.1 Å². The van der Waals surface area contributed by atoms with Crippen molar-refractivity contribution in [3.63, 3.8) is 0 Å². The van der Waals surface area contributed by atoms with E-state index in [4.69, 9.17) is 9.84 Å². The number of hydrogen-bond donors (Lipinski definition) is 2. The number of urea groups is 1. The van der Waals surface area contributed by atoms with Gasteiger partial charge in [0.05, 0.1) is 11.1 Å². The van der Waals surface area contributed by atoms with Crippen LogP contribution in [0.4, 0.5) is 15.4 Å². The highest BCUT2D eigenvalue weighted by Gasteiger charge is 2.42. The molecule has 0 unspecified atom stereocenters. The zero-order chi connectivity index (χ0) is 23.8. The number of carbonyl (C=O) groups excluding carboxylic acids is 2. The number of aromatic nitrogens is 2. The first kappa shape index (κ1) is 23.1. The van der Waals surface area contributed by atoms with Crippen molar-refractivity contribution in [2.24, 2.45) is 0 Å². The summed E-state index contributed by atoms with van der Waals surface area (Å²) in [6.45, 7) is 11.3. The summed E-state index contributed by atoms with van der Waals surface area (Å²) in [5.41, 5.74) is 1.58. The fraction of sp³-hybridized carbons (Fsp3) is 0.560. The zero-order valence-electron chi connectivity index (χ0n) is 20.2. The lowest BCUT2D eigenvalue weighted by molar-refractivity contribution is 0.155. The van der Waals surface area contributed by atoms with Crippen molar-refractivity contribution in [2.75, 3.05) is 11.9 Å². The number of benzene rings is 1. The van der Waals surface area contributed by atoms with Gasteiger partial charge in [-0.05, 0) is 59.4 Å². The first-order valence-electron chi connectivity index (χ1n) is 11.7. The molecule has 0 spiro atoms. The van der Waals surface area contributed by atoms with Crippen molar-refractivity contribution >= 4 is 17.9 Å². The van der Waals surface area contributed by atoms with E-state index in [1.54, 1.807) is 0 Å². The molecule has 3 amide bonds. The second kappa shape index (κ2) is 8.72. The summed E-state index contributed by atoms with van der Waals surface area (Å²) < 4.78 is 7.36. The molecule has 1 aliphatic carbocycles. The molecule has 2 aromatic rings. The predicted molar refractivity (Wildman–Crippen MR) is 127 cm³/mol. The maximum atomic E-state index is 12.5. The first-order valence-corrected chi connectivity index (χ1v) is 11.7. The maximum Gasteiger partial charge on any atom is 0.413 e. The fourth-order valence-corrected chi connectivity index (χ4v) is 4.85. The Morgan fingerprint density at radius 2 is 1.97 bits per heavy atom. The van der Waals surface area contributed by atoms with E-state index in [1.165, 1.54) is 0 Å². The van der Waals surface area contributed by atoms with Crippen molar-refractivity contribution in [1.82, 2.24) is 20.0 Å². The van der Waals surface area contributed by atoms with Crippen molar-refractivity contribution < 1.29 is 14.3 Å². The molecule has 2 aliphatic rings. The molecule has 1 saturated heterocycles. The number of nitrogens with zero attached hydrogens (tertiary/aromatic N) is 3. The van der Waals surface area contributed by atoms with Gasteiger partial charge in [-0.15, -0.1) is 0 Å². The van der Waals surface area contributed by atoms with Crippen molar-refractivity contribution in [3.05, 3.63) is 47.7 Å². The highest BCUT2D eigenvalue weighted by Crippen LogP contribution is 2.40. The molecule has 2 fully saturated rings. The van der Waals surface area contributed by atoms with Crippen LogP contribution in [0.15, 0.2) is 36.4 Å². The lowest BCUT2D eigenvalue weighted by atomic mass is 10.0. The molecule has 8 nitrogen and oxygen atoms in total. The number of hydrogen-bond acceptors (Lipinski definition) is 4. The summed E-state index contributed by atoms with van der Waals surface area (Å²) in [6.07, 6.45) is 2.31. The van der Waals surface area contributed by atoms with Crippen LogP contribution in [0.3, 0.4) is 0 Å². The van der Waals surface area contributed by atoms with Crippen LogP contribution in [0.5, 0.6) is 0 Å². The maximum absolute atomic E-state index is 12.5. The van der Waals surface area contributed by atoms with Crippen LogP contribution < -0.4 is 10.6 Å². The van der Waals surface area contributed by atoms with E-state index in [2.05, 4.69) is 45.3 Å². The minimum Gasteiger partial charge on any atom is -0.444 e. The molecule has 178 valence electrons. The second-order valence-corrected chi connectivity index (χ2v) is 10.8. The average molecular weight is 454 g/mol. The summed E-state index contributed by atoms with van der Waals surface area (Å²) in [5, 5.41) is 10.5. The van der Waals surface area contributed by atoms with Crippen LogP contribution >= 0.6 is 0 Å². The van der Waals surface area contributed by atoms with E-state index in [9.17, 15) is 9.59 Å². The molecule has 0 bridgehead atoms. The third-order valence-corrected chi connectivity index (χ3v) is 6.35. The normalized spacial score (nSPS) is 22.3. The summed E-state index contributed by atoms with van der Waals surface area (Å²) >= 11 is 0.